The van der Waals surface area contributed by atoms with Crippen molar-refractivity contribution in [2.24, 2.45) is 0 Å². The van der Waals surface area contributed by atoms with E-state index in [2.05, 4.69) is 15.6 Å². The number of fused-ring (bicyclic) bond motifs is 1. The molecule has 0 atom stereocenters. The molecule has 1 aromatic carbocycles. The van der Waals surface area contributed by atoms with Crippen molar-refractivity contribution in [1.82, 2.24) is 20.2 Å². The molecule has 1 amide bonds. The van der Waals surface area contributed by atoms with Crippen LogP contribution in [0.25, 0.3) is 11.0 Å². The Morgan fingerprint density at radius 3 is 2.75 bits per heavy atom. The number of hydrogen-bond acceptors (Lipinski definition) is 5. The van der Waals surface area contributed by atoms with Gasteiger partial charge in [0.1, 0.15) is 0 Å². The molecule has 2 aromatic rings. The Hall–Kier alpha value is -2.45. The van der Waals surface area contributed by atoms with Gasteiger partial charge in [0.2, 0.25) is 0 Å². The van der Waals surface area contributed by atoms with Crippen molar-refractivity contribution in [1.29, 1.82) is 0 Å². The molecule has 0 saturated carbocycles. The highest BCUT2D eigenvalue weighted by molar-refractivity contribution is 5.97. The van der Waals surface area contributed by atoms with E-state index in [9.17, 15) is 14.4 Å². The summed E-state index contributed by atoms with van der Waals surface area (Å²) < 4.78 is 6.30. The lowest BCUT2D eigenvalue weighted by Gasteiger charge is -2.09. The Labute approximate surface area is 138 Å². The van der Waals surface area contributed by atoms with Gasteiger partial charge >= 0.3 is 11.1 Å². The smallest absolute Gasteiger partial charge is 0.316 e. The van der Waals surface area contributed by atoms with Gasteiger partial charge in [-0.3, -0.25) is 14.4 Å². The van der Waals surface area contributed by atoms with Crippen LogP contribution in [-0.4, -0.2) is 48.8 Å². The number of rotatable bonds is 8. The number of H-pyrrole nitrogens is 1. The normalized spacial score (nSPS) is 10.9. The Morgan fingerprint density at radius 1 is 1.25 bits per heavy atom. The summed E-state index contributed by atoms with van der Waals surface area (Å²) in [5, 5.41) is 5.92. The molecule has 0 aliphatic heterocycles. The maximum Gasteiger partial charge on any atom is 0.316 e. The Balaban J connectivity index is 2.10. The van der Waals surface area contributed by atoms with Crippen LogP contribution >= 0.6 is 0 Å². The maximum atomic E-state index is 12.2. The molecule has 3 N–H and O–H groups in total. The second kappa shape index (κ2) is 8.42. The third-order valence-corrected chi connectivity index (χ3v) is 3.62. The monoisotopic (exact) mass is 334 g/mol. The first kappa shape index (κ1) is 17.9. The first-order valence-electron chi connectivity index (χ1n) is 7.83. The molecule has 0 unspecified atom stereocenters. The summed E-state index contributed by atoms with van der Waals surface area (Å²) in [6.07, 6.45) is 0. The lowest BCUT2D eigenvalue weighted by Crippen LogP contribution is -2.36. The number of nitrogens with one attached hydrogen (secondary N) is 3. The van der Waals surface area contributed by atoms with Gasteiger partial charge in [0.15, 0.2) is 0 Å². The van der Waals surface area contributed by atoms with Crippen LogP contribution in [0.4, 0.5) is 0 Å². The quantitative estimate of drug-likeness (QED) is 0.453. The summed E-state index contributed by atoms with van der Waals surface area (Å²) in [5.74, 6) is -0.236. The van der Waals surface area contributed by atoms with E-state index >= 15 is 0 Å². The van der Waals surface area contributed by atoms with E-state index in [0.717, 1.165) is 6.54 Å². The molecule has 1 heterocycles. The summed E-state index contributed by atoms with van der Waals surface area (Å²) in [5.41, 5.74) is 0.206. The third-order valence-electron chi connectivity index (χ3n) is 3.62. The van der Waals surface area contributed by atoms with Gasteiger partial charge in [-0.15, -0.1) is 0 Å². The van der Waals surface area contributed by atoms with Gasteiger partial charge in [-0.25, -0.2) is 0 Å². The summed E-state index contributed by atoms with van der Waals surface area (Å²) in [6.45, 7) is 4.62. The first-order chi connectivity index (χ1) is 11.6. The Morgan fingerprint density at radius 2 is 2.04 bits per heavy atom. The number of hydrogen-bond donors (Lipinski definition) is 3. The second-order valence-electron chi connectivity index (χ2n) is 5.23. The number of amides is 1. The highest BCUT2D eigenvalue weighted by atomic mass is 16.5. The predicted octanol–water partition coefficient (Wildman–Crippen LogP) is -0.324. The number of ether oxygens (including phenoxy) is 1. The standard InChI is InChI=1S/C16H22N4O4/c1-3-20-13-5-4-11(10-12(13)19-15(22)16(20)23)14(21)18-7-6-17-8-9-24-2/h4-5,10,17H,3,6-9H2,1-2H3,(H,18,21)(H,19,22). The maximum absolute atomic E-state index is 12.2. The summed E-state index contributed by atoms with van der Waals surface area (Å²) >= 11 is 0. The molecule has 0 bridgehead atoms. The fraction of sp³-hybridized carbons (Fsp3) is 0.438. The lowest BCUT2D eigenvalue weighted by molar-refractivity contribution is 0.0954. The molecule has 0 fully saturated rings. The summed E-state index contributed by atoms with van der Waals surface area (Å²) in [4.78, 5) is 38.2. The van der Waals surface area contributed by atoms with E-state index in [-0.39, 0.29) is 5.91 Å². The molecule has 0 aliphatic carbocycles. The van der Waals surface area contributed by atoms with Crippen molar-refractivity contribution in [3.8, 4) is 0 Å². The minimum atomic E-state index is -0.691. The van der Waals surface area contributed by atoms with Crippen molar-refractivity contribution in [3.05, 3.63) is 44.5 Å². The van der Waals surface area contributed by atoms with Gasteiger partial charge < -0.3 is 24.9 Å². The number of carbonyl (C=O) groups excluding carboxylic acids is 1. The molecule has 0 saturated heterocycles. The zero-order valence-electron chi connectivity index (χ0n) is 13.8. The minimum Gasteiger partial charge on any atom is -0.383 e. The van der Waals surface area contributed by atoms with Crippen LogP contribution in [0.3, 0.4) is 0 Å². The number of methoxy groups -OCH3 is 1. The van der Waals surface area contributed by atoms with Crippen molar-refractivity contribution >= 4 is 16.9 Å². The average Bonchev–Trinajstić information content (AvgIpc) is 2.58. The third kappa shape index (κ3) is 4.09. The van der Waals surface area contributed by atoms with Crippen LogP contribution < -0.4 is 21.8 Å². The van der Waals surface area contributed by atoms with E-state index in [1.54, 1.807) is 32.2 Å². The lowest BCUT2D eigenvalue weighted by atomic mass is 10.1. The predicted molar refractivity (Wildman–Crippen MR) is 91.6 cm³/mol. The highest BCUT2D eigenvalue weighted by Gasteiger charge is 2.10. The Bertz CT molecular complexity index is 825. The van der Waals surface area contributed by atoms with Crippen LogP contribution in [0, 0.1) is 0 Å². The number of aromatic nitrogens is 2. The molecule has 0 aliphatic rings. The number of aromatic amines is 1. The van der Waals surface area contributed by atoms with Gasteiger partial charge in [0.25, 0.3) is 5.91 Å². The van der Waals surface area contributed by atoms with E-state index in [1.165, 1.54) is 4.57 Å². The van der Waals surface area contributed by atoms with Crippen molar-refractivity contribution < 1.29 is 9.53 Å². The van der Waals surface area contributed by atoms with Gasteiger partial charge in [0.05, 0.1) is 17.6 Å². The molecule has 130 valence electrons. The number of nitrogens with zero attached hydrogens (tertiary/aromatic N) is 1. The molecule has 8 nitrogen and oxygen atoms in total. The van der Waals surface area contributed by atoms with Gasteiger partial charge in [-0.1, -0.05) is 0 Å². The van der Waals surface area contributed by atoms with Gasteiger partial charge in [-0.05, 0) is 25.1 Å². The van der Waals surface area contributed by atoms with E-state index in [0.29, 0.717) is 42.8 Å². The molecular formula is C16H22N4O4. The van der Waals surface area contributed by atoms with E-state index in [1.807, 2.05) is 0 Å². The highest BCUT2D eigenvalue weighted by Crippen LogP contribution is 2.11. The molecule has 8 heteroatoms. The first-order valence-corrected chi connectivity index (χ1v) is 7.83. The molecular weight excluding hydrogens is 312 g/mol. The second-order valence-corrected chi connectivity index (χ2v) is 5.23. The SMILES string of the molecule is CCn1c(=O)c(=O)[nH]c2cc(C(=O)NCCNCCOC)ccc21. The van der Waals surface area contributed by atoms with Crippen LogP contribution in [0.2, 0.25) is 0 Å². The summed E-state index contributed by atoms with van der Waals surface area (Å²) in [7, 11) is 1.63. The topological polar surface area (TPSA) is 105 Å². The van der Waals surface area contributed by atoms with Crippen LogP contribution in [0.15, 0.2) is 27.8 Å². The van der Waals surface area contributed by atoms with E-state index < -0.39 is 11.1 Å². The summed E-state index contributed by atoms with van der Waals surface area (Å²) in [6, 6.07) is 4.89. The largest absolute Gasteiger partial charge is 0.383 e. The van der Waals surface area contributed by atoms with Crippen LogP contribution in [0.1, 0.15) is 17.3 Å². The molecule has 0 radical (unpaired) electrons. The number of aryl methyl sites for hydroxylation is 1. The minimum absolute atomic E-state index is 0.236. The fourth-order valence-electron chi connectivity index (χ4n) is 2.40. The van der Waals surface area contributed by atoms with Crippen LogP contribution in [-0.2, 0) is 11.3 Å². The van der Waals surface area contributed by atoms with E-state index in [4.69, 9.17) is 4.74 Å². The van der Waals surface area contributed by atoms with Crippen molar-refractivity contribution in [2.75, 3.05) is 33.4 Å². The zero-order chi connectivity index (χ0) is 17.5. The zero-order valence-corrected chi connectivity index (χ0v) is 13.8. The van der Waals surface area contributed by atoms with Gasteiger partial charge in [-0.2, -0.15) is 0 Å². The molecule has 2 rings (SSSR count). The molecule has 24 heavy (non-hydrogen) atoms. The number of carbonyl (C=O) groups is 1. The molecule has 0 spiro atoms. The molecule has 1 aromatic heterocycles. The van der Waals surface area contributed by atoms with Crippen molar-refractivity contribution in [2.45, 2.75) is 13.5 Å². The fourth-order valence-corrected chi connectivity index (χ4v) is 2.40. The van der Waals surface area contributed by atoms with Crippen molar-refractivity contribution in [3.63, 3.8) is 0 Å². The van der Waals surface area contributed by atoms with Gasteiger partial charge in [0, 0.05) is 38.9 Å². The average molecular weight is 334 g/mol. The van der Waals surface area contributed by atoms with Crippen LogP contribution in [0.5, 0.6) is 0 Å². The number of benzene rings is 1. The Kier molecular flexibility index (Phi) is 6.28.